The SMILES string of the molecule is C=CCOC(=O)c1ccc(OC(=O)c2ccc(OCOCCOC)c(C34CC5CC(CC(C5)C3)C4)c2)cc1. The number of methoxy groups -OCH3 is 1. The van der Waals surface area contributed by atoms with Crippen molar-refractivity contribution in [3.63, 3.8) is 0 Å². The van der Waals surface area contributed by atoms with Crippen molar-refractivity contribution < 1.29 is 33.3 Å². The number of hydrogen-bond acceptors (Lipinski definition) is 7. The van der Waals surface area contributed by atoms with Crippen LogP contribution in [0.2, 0.25) is 0 Å². The minimum absolute atomic E-state index is 0.0281. The Morgan fingerprint density at radius 2 is 1.58 bits per heavy atom. The summed E-state index contributed by atoms with van der Waals surface area (Å²) in [5.74, 6) is 2.49. The molecule has 0 heterocycles. The molecule has 2 aromatic rings. The van der Waals surface area contributed by atoms with Gasteiger partial charge in [-0.2, -0.15) is 0 Å². The second-order valence-electron chi connectivity index (χ2n) is 10.9. The van der Waals surface area contributed by atoms with Crippen LogP contribution in [0.15, 0.2) is 55.1 Å². The summed E-state index contributed by atoms with van der Waals surface area (Å²) in [6, 6.07) is 11.9. The topological polar surface area (TPSA) is 80.3 Å². The predicted octanol–water partition coefficient (Wildman–Crippen LogP) is 5.72. The molecule has 4 bridgehead atoms. The van der Waals surface area contributed by atoms with Crippen LogP contribution in [0.1, 0.15) is 64.8 Å². The molecule has 0 radical (unpaired) electrons. The molecule has 0 saturated heterocycles. The van der Waals surface area contributed by atoms with Gasteiger partial charge in [0.05, 0.1) is 24.3 Å². The van der Waals surface area contributed by atoms with Gasteiger partial charge < -0.3 is 23.7 Å². The smallest absolute Gasteiger partial charge is 0.343 e. The van der Waals surface area contributed by atoms with E-state index in [1.54, 1.807) is 37.4 Å². The van der Waals surface area contributed by atoms with Crippen LogP contribution in [0, 0.1) is 17.8 Å². The van der Waals surface area contributed by atoms with Crippen molar-refractivity contribution in [2.45, 2.75) is 43.9 Å². The zero-order chi connectivity index (χ0) is 26.5. The second kappa shape index (κ2) is 11.7. The molecular weight excluding hydrogens is 484 g/mol. The van der Waals surface area contributed by atoms with Crippen LogP contribution >= 0.6 is 0 Å². The van der Waals surface area contributed by atoms with Gasteiger partial charge in [-0.15, -0.1) is 0 Å². The lowest BCUT2D eigenvalue weighted by Crippen LogP contribution is -2.48. The van der Waals surface area contributed by atoms with Gasteiger partial charge in [-0.3, -0.25) is 0 Å². The number of rotatable bonds is 12. The maximum Gasteiger partial charge on any atom is 0.343 e. The number of benzene rings is 2. The third kappa shape index (κ3) is 5.79. The van der Waals surface area contributed by atoms with Crippen LogP contribution < -0.4 is 9.47 Å². The molecule has 4 aliphatic carbocycles. The number of carbonyl (C=O) groups is 2. The van der Waals surface area contributed by atoms with Crippen LogP contribution in [-0.4, -0.2) is 45.7 Å². The van der Waals surface area contributed by atoms with Crippen LogP contribution in [0.5, 0.6) is 11.5 Å². The Morgan fingerprint density at radius 1 is 0.921 bits per heavy atom. The molecule has 4 fully saturated rings. The lowest BCUT2D eigenvalue weighted by Gasteiger charge is -2.57. The summed E-state index contributed by atoms with van der Waals surface area (Å²) in [5, 5.41) is 0. The van der Waals surface area contributed by atoms with E-state index in [1.807, 2.05) is 12.1 Å². The Balaban J connectivity index is 1.34. The molecule has 7 heteroatoms. The highest BCUT2D eigenvalue weighted by molar-refractivity contribution is 5.92. The fourth-order valence-corrected chi connectivity index (χ4v) is 6.99. The van der Waals surface area contributed by atoms with E-state index in [2.05, 4.69) is 6.58 Å². The Bertz CT molecular complexity index is 1120. The number of carbonyl (C=O) groups excluding carboxylic acids is 2. The highest BCUT2D eigenvalue weighted by atomic mass is 16.7. The summed E-state index contributed by atoms with van der Waals surface area (Å²) >= 11 is 0. The van der Waals surface area contributed by atoms with Gasteiger partial charge in [0.1, 0.15) is 18.1 Å². The second-order valence-corrected chi connectivity index (χ2v) is 10.9. The summed E-state index contributed by atoms with van der Waals surface area (Å²) in [6.45, 7) is 4.77. The lowest BCUT2D eigenvalue weighted by atomic mass is 9.48. The quantitative estimate of drug-likeness (QED) is 0.116. The fourth-order valence-electron chi connectivity index (χ4n) is 6.99. The first-order valence-electron chi connectivity index (χ1n) is 13.4. The molecule has 0 amide bonds. The van der Waals surface area contributed by atoms with E-state index in [-0.39, 0.29) is 18.8 Å². The summed E-state index contributed by atoms with van der Waals surface area (Å²) in [5.41, 5.74) is 1.99. The number of hydrogen-bond donors (Lipinski definition) is 0. The van der Waals surface area contributed by atoms with Crippen LogP contribution in [0.3, 0.4) is 0 Å². The largest absolute Gasteiger partial charge is 0.467 e. The normalized spacial score (nSPS) is 25.1. The maximum absolute atomic E-state index is 13.2. The number of ether oxygens (including phenoxy) is 5. The van der Waals surface area contributed by atoms with Gasteiger partial charge in [0, 0.05) is 12.7 Å². The molecule has 2 aromatic carbocycles. The van der Waals surface area contributed by atoms with E-state index < -0.39 is 11.9 Å². The monoisotopic (exact) mass is 520 g/mol. The van der Waals surface area contributed by atoms with Crippen molar-refractivity contribution in [3.05, 3.63) is 71.8 Å². The first kappa shape index (κ1) is 26.4. The van der Waals surface area contributed by atoms with Gasteiger partial charge in [-0.25, -0.2) is 9.59 Å². The van der Waals surface area contributed by atoms with E-state index in [0.29, 0.717) is 30.1 Å². The van der Waals surface area contributed by atoms with Gasteiger partial charge in [0.15, 0.2) is 6.79 Å². The summed E-state index contributed by atoms with van der Waals surface area (Å²) < 4.78 is 27.5. The van der Waals surface area contributed by atoms with Crippen molar-refractivity contribution in [3.8, 4) is 11.5 Å². The maximum atomic E-state index is 13.2. The van der Waals surface area contributed by atoms with E-state index in [4.69, 9.17) is 23.7 Å². The van der Waals surface area contributed by atoms with Crippen LogP contribution in [-0.2, 0) is 19.6 Å². The Kier molecular flexibility index (Phi) is 8.15. The molecule has 6 rings (SSSR count). The molecule has 202 valence electrons. The molecular formula is C31H36O7. The van der Waals surface area contributed by atoms with Gasteiger partial charge in [0.25, 0.3) is 0 Å². The Morgan fingerprint density at radius 3 is 2.21 bits per heavy atom. The zero-order valence-corrected chi connectivity index (χ0v) is 22.0. The van der Waals surface area contributed by atoms with E-state index in [0.717, 1.165) is 48.3 Å². The molecule has 0 spiro atoms. The molecule has 0 atom stereocenters. The van der Waals surface area contributed by atoms with Crippen molar-refractivity contribution in [2.75, 3.05) is 33.7 Å². The third-order valence-corrected chi connectivity index (χ3v) is 8.19. The van der Waals surface area contributed by atoms with Crippen LogP contribution in [0.4, 0.5) is 0 Å². The minimum Gasteiger partial charge on any atom is -0.467 e. The highest BCUT2D eigenvalue weighted by Crippen LogP contribution is 2.62. The van der Waals surface area contributed by atoms with E-state index in [9.17, 15) is 9.59 Å². The Labute approximate surface area is 224 Å². The Hall–Kier alpha value is -3.16. The van der Waals surface area contributed by atoms with Crippen LogP contribution in [0.25, 0.3) is 0 Å². The van der Waals surface area contributed by atoms with Crippen molar-refractivity contribution >= 4 is 11.9 Å². The summed E-state index contributed by atoms with van der Waals surface area (Å²) in [4.78, 5) is 25.2. The molecule has 38 heavy (non-hydrogen) atoms. The van der Waals surface area contributed by atoms with E-state index >= 15 is 0 Å². The molecule has 0 aromatic heterocycles. The fraction of sp³-hybridized carbons (Fsp3) is 0.484. The molecule has 0 aliphatic heterocycles. The van der Waals surface area contributed by atoms with Crippen molar-refractivity contribution in [2.24, 2.45) is 17.8 Å². The van der Waals surface area contributed by atoms with Gasteiger partial charge in [0.2, 0.25) is 0 Å². The minimum atomic E-state index is -0.454. The zero-order valence-electron chi connectivity index (χ0n) is 22.0. The summed E-state index contributed by atoms with van der Waals surface area (Å²) in [7, 11) is 1.64. The first-order chi connectivity index (χ1) is 18.5. The lowest BCUT2D eigenvalue weighted by molar-refractivity contribution is -0.0189. The third-order valence-electron chi connectivity index (χ3n) is 8.19. The van der Waals surface area contributed by atoms with Crippen molar-refractivity contribution in [1.82, 2.24) is 0 Å². The van der Waals surface area contributed by atoms with Gasteiger partial charge >= 0.3 is 11.9 Å². The summed E-state index contributed by atoms with van der Waals surface area (Å²) in [6.07, 6.45) is 8.92. The van der Waals surface area contributed by atoms with Crippen molar-refractivity contribution in [1.29, 1.82) is 0 Å². The average Bonchev–Trinajstić information content (AvgIpc) is 2.91. The average molecular weight is 521 g/mol. The molecule has 4 aliphatic rings. The molecule has 7 nitrogen and oxygen atoms in total. The molecule has 0 N–H and O–H groups in total. The molecule has 4 saturated carbocycles. The predicted molar refractivity (Wildman–Crippen MR) is 141 cm³/mol. The van der Waals surface area contributed by atoms with E-state index in [1.165, 1.54) is 25.3 Å². The number of esters is 2. The first-order valence-corrected chi connectivity index (χ1v) is 13.4. The van der Waals surface area contributed by atoms with Gasteiger partial charge in [-0.05, 0) is 104 Å². The highest BCUT2D eigenvalue weighted by Gasteiger charge is 2.52. The standard InChI is InChI=1S/C31H36O7/c1-3-10-36-29(32)24-4-7-26(8-5-24)38-30(33)25-6-9-28(37-20-35-12-11-34-2)27(16-25)31-17-21-13-22(18-31)15-23(14-21)19-31/h3-9,16,21-23H,1,10-15,17-20H2,2H3. The molecule has 0 unspecified atom stereocenters. The van der Waals surface area contributed by atoms with Gasteiger partial charge in [-0.1, -0.05) is 12.7 Å².